The predicted octanol–water partition coefficient (Wildman–Crippen LogP) is 8.99. The van der Waals surface area contributed by atoms with E-state index in [1.54, 1.807) is 55.5 Å². The van der Waals surface area contributed by atoms with Crippen LogP contribution in [0.25, 0.3) is 6.08 Å². The number of amides is 3. The van der Waals surface area contributed by atoms with E-state index in [-0.39, 0.29) is 18.2 Å². The average molecular weight is 736 g/mol. The van der Waals surface area contributed by atoms with Gasteiger partial charge < -0.3 is 20.7 Å². The lowest BCUT2D eigenvalue weighted by Crippen LogP contribution is -2.30. The first-order chi connectivity index (χ1) is 24.8. The van der Waals surface area contributed by atoms with Gasteiger partial charge in [-0.1, -0.05) is 67.6 Å². The molecule has 2 heterocycles. The second-order valence-electron chi connectivity index (χ2n) is 12.0. The third-order valence-electron chi connectivity index (χ3n) is 8.27. The SMILES string of the molecule is CCOC(=O)c1c(NC(=O)C(Sc2cccc(NC(=O)/C(=C/c3cccs3)NC(=O)c3ccccc3)c2)c2ccccc2)sc2c1CCC(C)C2. The zero-order valence-corrected chi connectivity index (χ0v) is 30.6. The number of thiophene rings is 2. The molecule has 2 unspecified atom stereocenters. The third kappa shape index (κ3) is 9.04. The van der Waals surface area contributed by atoms with Crippen molar-refractivity contribution in [1.29, 1.82) is 0 Å². The summed E-state index contributed by atoms with van der Waals surface area (Å²) in [5.74, 6) is -1.09. The molecule has 2 aromatic heterocycles. The summed E-state index contributed by atoms with van der Waals surface area (Å²) in [7, 11) is 0. The van der Waals surface area contributed by atoms with E-state index in [0.29, 0.717) is 27.7 Å². The second-order valence-corrected chi connectivity index (χ2v) is 15.3. The highest BCUT2D eigenvalue weighted by Gasteiger charge is 2.31. The molecule has 0 saturated carbocycles. The number of hydrogen-bond donors (Lipinski definition) is 3. The van der Waals surface area contributed by atoms with Crippen LogP contribution in [0, 0.1) is 5.92 Å². The van der Waals surface area contributed by atoms with Crippen LogP contribution in [0.15, 0.2) is 113 Å². The summed E-state index contributed by atoms with van der Waals surface area (Å²) in [5.41, 5.74) is 3.24. The van der Waals surface area contributed by atoms with Gasteiger partial charge in [-0.3, -0.25) is 14.4 Å². The van der Waals surface area contributed by atoms with E-state index < -0.39 is 23.0 Å². The number of ether oxygens (including phenoxy) is 1. The van der Waals surface area contributed by atoms with Gasteiger partial charge in [0.2, 0.25) is 5.91 Å². The normalized spacial score (nSPS) is 14.5. The molecular formula is C40H37N3O5S3. The minimum Gasteiger partial charge on any atom is -0.462 e. The van der Waals surface area contributed by atoms with Crippen molar-refractivity contribution in [3.63, 3.8) is 0 Å². The van der Waals surface area contributed by atoms with Crippen LogP contribution in [0.3, 0.4) is 0 Å². The summed E-state index contributed by atoms with van der Waals surface area (Å²) in [6, 6.07) is 29.1. The number of carbonyl (C=O) groups is 4. The number of hydrogen-bond acceptors (Lipinski definition) is 8. The number of thioether (sulfide) groups is 1. The number of nitrogens with one attached hydrogen (secondary N) is 3. The number of benzene rings is 3. The molecule has 0 aliphatic heterocycles. The quantitative estimate of drug-likeness (QED) is 0.0670. The molecule has 2 atom stereocenters. The van der Waals surface area contributed by atoms with E-state index in [0.717, 1.165) is 45.0 Å². The Bertz CT molecular complexity index is 2040. The molecule has 51 heavy (non-hydrogen) atoms. The number of fused-ring (bicyclic) bond motifs is 1. The predicted molar refractivity (Wildman–Crippen MR) is 206 cm³/mol. The Morgan fingerprint density at radius 2 is 1.71 bits per heavy atom. The molecular weight excluding hydrogens is 699 g/mol. The number of anilines is 2. The highest BCUT2D eigenvalue weighted by atomic mass is 32.2. The minimum atomic E-state index is -0.676. The lowest BCUT2D eigenvalue weighted by molar-refractivity contribution is -0.116. The van der Waals surface area contributed by atoms with Crippen LogP contribution >= 0.6 is 34.4 Å². The van der Waals surface area contributed by atoms with Crippen LogP contribution in [0.1, 0.15) is 67.1 Å². The van der Waals surface area contributed by atoms with Crippen molar-refractivity contribution >= 4 is 74.9 Å². The van der Waals surface area contributed by atoms with Crippen molar-refractivity contribution in [1.82, 2.24) is 5.32 Å². The van der Waals surface area contributed by atoms with E-state index in [4.69, 9.17) is 4.74 Å². The number of carbonyl (C=O) groups excluding carboxylic acids is 4. The Morgan fingerprint density at radius 1 is 0.941 bits per heavy atom. The monoisotopic (exact) mass is 735 g/mol. The maximum atomic E-state index is 14.2. The van der Waals surface area contributed by atoms with Crippen molar-refractivity contribution in [2.24, 2.45) is 5.92 Å². The molecule has 3 amide bonds. The molecule has 0 saturated heterocycles. The van der Waals surface area contributed by atoms with Gasteiger partial charge in [-0.15, -0.1) is 34.4 Å². The zero-order valence-electron chi connectivity index (χ0n) is 28.1. The first-order valence-corrected chi connectivity index (χ1v) is 19.2. The van der Waals surface area contributed by atoms with Crippen LogP contribution in [0.4, 0.5) is 10.7 Å². The van der Waals surface area contributed by atoms with Gasteiger partial charge >= 0.3 is 5.97 Å². The maximum Gasteiger partial charge on any atom is 0.341 e. The van der Waals surface area contributed by atoms with Gasteiger partial charge in [-0.25, -0.2) is 4.79 Å². The third-order valence-corrected chi connectivity index (χ3v) is 11.5. The molecule has 1 aliphatic rings. The Hall–Kier alpha value is -4.97. The maximum absolute atomic E-state index is 14.2. The Kier molecular flexibility index (Phi) is 11.8. The van der Waals surface area contributed by atoms with Crippen molar-refractivity contribution in [2.45, 2.75) is 43.3 Å². The summed E-state index contributed by atoms with van der Waals surface area (Å²) in [6.45, 7) is 4.22. The lowest BCUT2D eigenvalue weighted by Gasteiger charge is -2.19. The van der Waals surface area contributed by atoms with Crippen LogP contribution < -0.4 is 16.0 Å². The zero-order chi connectivity index (χ0) is 35.7. The highest BCUT2D eigenvalue weighted by molar-refractivity contribution is 8.00. The summed E-state index contributed by atoms with van der Waals surface area (Å²) in [5, 5.41) is 10.5. The van der Waals surface area contributed by atoms with Crippen LogP contribution in [-0.4, -0.2) is 30.3 Å². The number of rotatable bonds is 12. The summed E-state index contributed by atoms with van der Waals surface area (Å²) >= 11 is 4.24. The van der Waals surface area contributed by atoms with Gasteiger partial charge in [0.25, 0.3) is 11.8 Å². The molecule has 0 fully saturated rings. The summed E-state index contributed by atoms with van der Waals surface area (Å²) in [6.07, 6.45) is 4.25. The van der Waals surface area contributed by atoms with E-state index in [1.807, 2.05) is 60.0 Å². The summed E-state index contributed by atoms with van der Waals surface area (Å²) < 4.78 is 5.43. The van der Waals surface area contributed by atoms with Gasteiger partial charge in [-0.2, -0.15) is 0 Å². The van der Waals surface area contributed by atoms with Gasteiger partial charge in [0.05, 0.1) is 12.2 Å². The molecule has 0 radical (unpaired) electrons. The average Bonchev–Trinajstić information content (AvgIpc) is 3.78. The van der Waals surface area contributed by atoms with E-state index >= 15 is 0 Å². The fourth-order valence-corrected chi connectivity index (χ4v) is 8.92. The molecule has 11 heteroatoms. The minimum absolute atomic E-state index is 0.0938. The van der Waals surface area contributed by atoms with Crippen molar-refractivity contribution in [3.8, 4) is 0 Å². The molecule has 5 aromatic rings. The Balaban J connectivity index is 1.24. The smallest absolute Gasteiger partial charge is 0.341 e. The molecule has 6 rings (SSSR count). The summed E-state index contributed by atoms with van der Waals surface area (Å²) in [4.78, 5) is 56.6. The molecule has 1 aliphatic carbocycles. The first kappa shape index (κ1) is 35.8. The van der Waals surface area contributed by atoms with Crippen LogP contribution in [-0.2, 0) is 27.2 Å². The molecule has 8 nitrogen and oxygen atoms in total. The van der Waals surface area contributed by atoms with Crippen LogP contribution in [0.2, 0.25) is 0 Å². The van der Waals surface area contributed by atoms with Crippen molar-refractivity contribution in [3.05, 3.63) is 140 Å². The van der Waals surface area contributed by atoms with Crippen molar-refractivity contribution in [2.75, 3.05) is 17.2 Å². The topological polar surface area (TPSA) is 114 Å². The van der Waals surface area contributed by atoms with E-state index in [2.05, 4.69) is 22.9 Å². The Morgan fingerprint density at radius 3 is 2.43 bits per heavy atom. The van der Waals surface area contributed by atoms with E-state index in [1.165, 1.54) is 34.4 Å². The lowest BCUT2D eigenvalue weighted by atomic mass is 9.88. The van der Waals surface area contributed by atoms with Gasteiger partial charge in [0.15, 0.2) is 0 Å². The molecule has 0 bridgehead atoms. The second kappa shape index (κ2) is 16.8. The largest absolute Gasteiger partial charge is 0.462 e. The number of esters is 1. The fraction of sp³-hybridized carbons (Fsp3) is 0.200. The molecule has 3 N–H and O–H groups in total. The van der Waals surface area contributed by atoms with E-state index in [9.17, 15) is 19.2 Å². The molecule has 0 spiro atoms. The molecule has 3 aromatic carbocycles. The standard InChI is InChI=1S/C40H37N3O5S3/c1-3-48-40(47)34-31-20-19-25(2)22-33(31)51-39(34)43-38(46)35(26-12-6-4-7-13-26)50-30-17-10-16-28(23-30)41-37(45)32(24-29-18-11-21-49-29)42-36(44)27-14-8-5-9-15-27/h4-18,21,23-25,35H,3,19-20,22H2,1-2H3,(H,41,45)(H,42,44)(H,43,46)/b32-24-. The molecule has 260 valence electrons. The Labute approximate surface area is 309 Å². The fourth-order valence-electron chi connectivity index (χ4n) is 5.78. The van der Waals surface area contributed by atoms with Crippen molar-refractivity contribution < 1.29 is 23.9 Å². The van der Waals surface area contributed by atoms with Gasteiger partial charge in [0.1, 0.15) is 15.9 Å². The first-order valence-electron chi connectivity index (χ1n) is 16.7. The van der Waals surface area contributed by atoms with Crippen LogP contribution in [0.5, 0.6) is 0 Å². The van der Waals surface area contributed by atoms with Gasteiger partial charge in [0, 0.05) is 25.9 Å². The highest BCUT2D eigenvalue weighted by Crippen LogP contribution is 2.42. The van der Waals surface area contributed by atoms with Gasteiger partial charge in [-0.05, 0) is 91.1 Å².